The van der Waals surface area contributed by atoms with Gasteiger partial charge in [0.05, 0.1) is 11.3 Å². The Balaban J connectivity index is 1.26. The van der Waals surface area contributed by atoms with Crippen molar-refractivity contribution in [2.45, 2.75) is 38.1 Å². The summed E-state index contributed by atoms with van der Waals surface area (Å²) < 4.78 is 0. The fraction of sp³-hybridized carbons (Fsp3) is 0.375. The minimum absolute atomic E-state index is 0.0528. The van der Waals surface area contributed by atoms with Gasteiger partial charge in [0.1, 0.15) is 6.04 Å². The standard InChI is InChI=1S/C24H27N3O3/c28-22(27-14-12-18(13-15-27)16-17-6-2-1-3-7-17)11-10-21-24(30)25-20-9-5-4-8-19(20)23(29)26-21/h1-9,18,21H,10-16H2,(H,25,30)(H,26,29). The van der Waals surface area contributed by atoms with E-state index in [4.69, 9.17) is 0 Å². The summed E-state index contributed by atoms with van der Waals surface area (Å²) in [4.78, 5) is 39.4. The number of para-hydroxylation sites is 1. The van der Waals surface area contributed by atoms with E-state index in [-0.39, 0.29) is 24.1 Å². The first kappa shape index (κ1) is 20.1. The second kappa shape index (κ2) is 9.11. The van der Waals surface area contributed by atoms with Gasteiger partial charge >= 0.3 is 0 Å². The predicted octanol–water partition coefficient (Wildman–Crippen LogP) is 3.00. The van der Waals surface area contributed by atoms with E-state index in [1.165, 1.54) is 5.56 Å². The average Bonchev–Trinajstić information content (AvgIpc) is 2.89. The maximum absolute atomic E-state index is 12.7. The first-order chi connectivity index (χ1) is 14.6. The zero-order valence-corrected chi connectivity index (χ0v) is 17.0. The van der Waals surface area contributed by atoms with Gasteiger partial charge in [-0.05, 0) is 49.3 Å². The predicted molar refractivity (Wildman–Crippen MR) is 115 cm³/mol. The van der Waals surface area contributed by atoms with Crippen LogP contribution in [0.25, 0.3) is 0 Å². The molecule has 2 aromatic carbocycles. The highest BCUT2D eigenvalue weighted by atomic mass is 16.2. The molecule has 1 unspecified atom stereocenters. The molecule has 2 aliphatic rings. The van der Waals surface area contributed by atoms with Crippen molar-refractivity contribution in [3.8, 4) is 0 Å². The molecule has 6 nitrogen and oxygen atoms in total. The molecule has 3 amide bonds. The van der Waals surface area contributed by atoms with E-state index >= 15 is 0 Å². The van der Waals surface area contributed by atoms with Crippen LogP contribution in [0.3, 0.4) is 0 Å². The minimum atomic E-state index is -0.704. The molecule has 1 saturated heterocycles. The van der Waals surface area contributed by atoms with Crippen LogP contribution in [-0.4, -0.2) is 41.8 Å². The van der Waals surface area contributed by atoms with Crippen LogP contribution >= 0.6 is 0 Å². The third-order valence-electron chi connectivity index (χ3n) is 6.03. The Kier molecular flexibility index (Phi) is 6.12. The lowest BCUT2D eigenvalue weighted by molar-refractivity contribution is -0.132. The number of nitrogens with one attached hydrogen (secondary N) is 2. The molecule has 0 aliphatic carbocycles. The van der Waals surface area contributed by atoms with Gasteiger partial charge in [-0.3, -0.25) is 14.4 Å². The Morgan fingerprint density at radius 2 is 1.67 bits per heavy atom. The molecule has 2 heterocycles. The summed E-state index contributed by atoms with van der Waals surface area (Å²) in [5.41, 5.74) is 2.30. The zero-order valence-electron chi connectivity index (χ0n) is 17.0. The fourth-order valence-electron chi connectivity index (χ4n) is 4.27. The Morgan fingerprint density at radius 3 is 2.43 bits per heavy atom. The molecule has 0 bridgehead atoms. The lowest BCUT2D eigenvalue weighted by Gasteiger charge is -2.32. The number of likely N-dealkylation sites (tertiary alicyclic amines) is 1. The van der Waals surface area contributed by atoms with Gasteiger partial charge in [0.25, 0.3) is 5.91 Å². The fourth-order valence-corrected chi connectivity index (χ4v) is 4.27. The number of amides is 3. The van der Waals surface area contributed by atoms with E-state index in [1.54, 1.807) is 24.3 Å². The Labute approximate surface area is 176 Å². The van der Waals surface area contributed by atoms with Crippen LogP contribution in [0, 0.1) is 5.92 Å². The Hall–Kier alpha value is -3.15. The highest BCUT2D eigenvalue weighted by molar-refractivity contribution is 6.09. The number of rotatable bonds is 5. The number of piperidine rings is 1. The van der Waals surface area contributed by atoms with Crippen molar-refractivity contribution in [3.63, 3.8) is 0 Å². The molecule has 0 saturated carbocycles. The van der Waals surface area contributed by atoms with Gasteiger partial charge in [-0.25, -0.2) is 0 Å². The van der Waals surface area contributed by atoms with E-state index in [0.717, 1.165) is 32.4 Å². The Bertz CT molecular complexity index is 920. The topological polar surface area (TPSA) is 78.5 Å². The number of hydrogen-bond donors (Lipinski definition) is 2. The monoisotopic (exact) mass is 405 g/mol. The van der Waals surface area contributed by atoms with E-state index in [0.29, 0.717) is 23.6 Å². The molecule has 4 rings (SSSR count). The second-order valence-corrected chi connectivity index (χ2v) is 8.11. The first-order valence-corrected chi connectivity index (χ1v) is 10.6. The molecule has 0 radical (unpaired) electrons. The van der Waals surface area contributed by atoms with Gasteiger partial charge in [0.2, 0.25) is 11.8 Å². The quantitative estimate of drug-likeness (QED) is 0.803. The molecular formula is C24H27N3O3. The largest absolute Gasteiger partial charge is 0.343 e. The molecule has 30 heavy (non-hydrogen) atoms. The molecular weight excluding hydrogens is 378 g/mol. The van der Waals surface area contributed by atoms with Crippen molar-refractivity contribution in [3.05, 3.63) is 65.7 Å². The van der Waals surface area contributed by atoms with Crippen LogP contribution in [0.2, 0.25) is 0 Å². The molecule has 1 atom stereocenters. The minimum Gasteiger partial charge on any atom is -0.343 e. The van der Waals surface area contributed by atoms with Crippen LogP contribution in [0.5, 0.6) is 0 Å². The van der Waals surface area contributed by atoms with Crippen molar-refractivity contribution in [2.75, 3.05) is 18.4 Å². The number of benzene rings is 2. The normalized spacial score (nSPS) is 19.5. The van der Waals surface area contributed by atoms with Crippen molar-refractivity contribution < 1.29 is 14.4 Å². The van der Waals surface area contributed by atoms with E-state index < -0.39 is 6.04 Å². The Morgan fingerprint density at radius 1 is 0.967 bits per heavy atom. The summed E-state index contributed by atoms with van der Waals surface area (Å²) in [6, 6.07) is 16.7. The lowest BCUT2D eigenvalue weighted by Crippen LogP contribution is -2.43. The van der Waals surface area contributed by atoms with E-state index in [1.807, 2.05) is 11.0 Å². The van der Waals surface area contributed by atoms with Crippen molar-refractivity contribution in [1.82, 2.24) is 10.2 Å². The van der Waals surface area contributed by atoms with Gasteiger partial charge in [0, 0.05) is 19.5 Å². The van der Waals surface area contributed by atoms with Crippen LogP contribution in [0.15, 0.2) is 54.6 Å². The highest BCUT2D eigenvalue weighted by Crippen LogP contribution is 2.23. The number of nitrogens with zero attached hydrogens (tertiary/aromatic N) is 1. The summed E-state index contributed by atoms with van der Waals surface area (Å²) in [6.07, 6.45) is 3.59. The summed E-state index contributed by atoms with van der Waals surface area (Å²) in [7, 11) is 0. The first-order valence-electron chi connectivity index (χ1n) is 10.6. The number of fused-ring (bicyclic) bond motifs is 1. The van der Waals surface area contributed by atoms with Gasteiger partial charge in [-0.15, -0.1) is 0 Å². The summed E-state index contributed by atoms with van der Waals surface area (Å²) in [5, 5.41) is 5.54. The maximum Gasteiger partial charge on any atom is 0.254 e. The van der Waals surface area contributed by atoms with Crippen LogP contribution in [-0.2, 0) is 16.0 Å². The zero-order chi connectivity index (χ0) is 20.9. The molecule has 0 spiro atoms. The molecule has 1 fully saturated rings. The van der Waals surface area contributed by atoms with Gasteiger partial charge in [-0.2, -0.15) is 0 Å². The van der Waals surface area contributed by atoms with Crippen molar-refractivity contribution >= 4 is 23.4 Å². The summed E-state index contributed by atoms with van der Waals surface area (Å²) in [5.74, 6) is 0.0876. The van der Waals surface area contributed by atoms with E-state index in [9.17, 15) is 14.4 Å². The van der Waals surface area contributed by atoms with Crippen molar-refractivity contribution in [2.24, 2.45) is 5.92 Å². The maximum atomic E-state index is 12.7. The van der Waals surface area contributed by atoms with Gasteiger partial charge < -0.3 is 15.5 Å². The molecule has 0 aromatic heterocycles. The SMILES string of the molecule is O=C1NC(CCC(=O)N2CCC(Cc3ccccc3)CC2)C(=O)Nc2ccccc21. The van der Waals surface area contributed by atoms with Crippen LogP contribution < -0.4 is 10.6 Å². The number of carbonyl (C=O) groups excluding carboxylic acids is 3. The summed E-state index contributed by atoms with van der Waals surface area (Å²) in [6.45, 7) is 1.51. The molecule has 156 valence electrons. The molecule has 6 heteroatoms. The van der Waals surface area contributed by atoms with Crippen LogP contribution in [0.1, 0.15) is 41.6 Å². The van der Waals surface area contributed by atoms with Gasteiger partial charge in [-0.1, -0.05) is 42.5 Å². The van der Waals surface area contributed by atoms with Crippen LogP contribution in [0.4, 0.5) is 5.69 Å². The molecule has 2 aromatic rings. The number of carbonyl (C=O) groups is 3. The highest BCUT2D eigenvalue weighted by Gasteiger charge is 2.29. The summed E-state index contributed by atoms with van der Waals surface area (Å²) >= 11 is 0. The second-order valence-electron chi connectivity index (χ2n) is 8.11. The number of hydrogen-bond acceptors (Lipinski definition) is 3. The van der Waals surface area contributed by atoms with Gasteiger partial charge in [0.15, 0.2) is 0 Å². The lowest BCUT2D eigenvalue weighted by atomic mass is 9.90. The smallest absolute Gasteiger partial charge is 0.254 e. The molecule has 2 aliphatic heterocycles. The van der Waals surface area contributed by atoms with Crippen molar-refractivity contribution in [1.29, 1.82) is 0 Å². The third kappa shape index (κ3) is 4.70. The van der Waals surface area contributed by atoms with E-state index in [2.05, 4.69) is 34.9 Å². The number of anilines is 1. The molecule has 2 N–H and O–H groups in total. The average molecular weight is 405 g/mol. The third-order valence-corrected chi connectivity index (χ3v) is 6.03.